The fraction of sp³-hybridized carbons (Fsp3) is 0.538. The maximum Gasteiger partial charge on any atom is 0.273 e. The van der Waals surface area contributed by atoms with E-state index in [9.17, 15) is 10.1 Å². The van der Waals surface area contributed by atoms with Crippen LogP contribution in [0.1, 0.15) is 20.3 Å². The first kappa shape index (κ1) is 12.7. The molecule has 0 aromatic heterocycles. The van der Waals surface area contributed by atoms with Crippen molar-refractivity contribution < 1.29 is 4.92 Å². The Hall–Kier alpha value is -1.78. The van der Waals surface area contributed by atoms with Crippen molar-refractivity contribution in [3.05, 3.63) is 28.3 Å². The van der Waals surface area contributed by atoms with Crippen LogP contribution in [-0.2, 0) is 0 Å². The highest BCUT2D eigenvalue weighted by Gasteiger charge is 2.30. The molecular weight excluding hydrogens is 230 g/mol. The Morgan fingerprint density at radius 1 is 1.39 bits per heavy atom. The molecule has 98 valence electrons. The average Bonchev–Trinajstić information content (AvgIpc) is 2.69. The van der Waals surface area contributed by atoms with Crippen molar-refractivity contribution in [1.82, 2.24) is 0 Å². The van der Waals surface area contributed by atoms with E-state index in [1.807, 2.05) is 6.07 Å². The Balaban J connectivity index is 2.33. The topological polar surface area (TPSA) is 58.4 Å². The molecule has 0 saturated carbocycles. The van der Waals surface area contributed by atoms with Gasteiger partial charge in [0.15, 0.2) is 0 Å². The van der Waals surface area contributed by atoms with Crippen molar-refractivity contribution in [2.45, 2.75) is 20.3 Å². The minimum Gasteiger partial charge on any atom is -0.388 e. The fourth-order valence-corrected chi connectivity index (χ4v) is 2.36. The van der Waals surface area contributed by atoms with Crippen LogP contribution >= 0.6 is 0 Å². The van der Waals surface area contributed by atoms with Crippen molar-refractivity contribution >= 4 is 17.1 Å². The summed E-state index contributed by atoms with van der Waals surface area (Å²) in [6.07, 6.45) is 1.12. The zero-order valence-electron chi connectivity index (χ0n) is 11.1. The first-order valence-electron chi connectivity index (χ1n) is 6.13. The molecule has 1 aliphatic heterocycles. The van der Waals surface area contributed by atoms with Gasteiger partial charge < -0.3 is 10.2 Å². The van der Waals surface area contributed by atoms with Crippen LogP contribution in [0.5, 0.6) is 0 Å². The molecular formula is C13H19N3O2. The lowest BCUT2D eigenvalue weighted by molar-refractivity contribution is -0.384. The first-order chi connectivity index (χ1) is 8.41. The Labute approximate surface area is 107 Å². The van der Waals surface area contributed by atoms with E-state index in [0.717, 1.165) is 30.9 Å². The predicted molar refractivity (Wildman–Crippen MR) is 73.3 cm³/mol. The van der Waals surface area contributed by atoms with Crippen molar-refractivity contribution in [1.29, 1.82) is 0 Å². The summed E-state index contributed by atoms with van der Waals surface area (Å²) in [5, 5.41) is 13.9. The third-order valence-corrected chi connectivity index (χ3v) is 3.44. The number of rotatable bonds is 3. The second kappa shape index (κ2) is 4.48. The minimum absolute atomic E-state index is 0.140. The molecule has 5 nitrogen and oxygen atoms in total. The lowest BCUT2D eigenvalue weighted by atomic mass is 9.93. The number of nitrogens with one attached hydrogen (secondary N) is 1. The molecule has 1 fully saturated rings. The zero-order valence-corrected chi connectivity index (χ0v) is 11.1. The van der Waals surface area contributed by atoms with Crippen LogP contribution in [0.2, 0.25) is 0 Å². The molecule has 1 N–H and O–H groups in total. The van der Waals surface area contributed by atoms with Gasteiger partial charge in [-0.25, -0.2) is 0 Å². The highest BCUT2D eigenvalue weighted by Crippen LogP contribution is 2.35. The highest BCUT2D eigenvalue weighted by molar-refractivity contribution is 5.64. The van der Waals surface area contributed by atoms with Gasteiger partial charge in [-0.15, -0.1) is 0 Å². The lowest BCUT2D eigenvalue weighted by Gasteiger charge is -2.22. The van der Waals surface area contributed by atoms with E-state index in [1.165, 1.54) is 0 Å². The van der Waals surface area contributed by atoms with Gasteiger partial charge in [0.1, 0.15) is 0 Å². The molecule has 1 saturated heterocycles. The summed E-state index contributed by atoms with van der Waals surface area (Å²) in [7, 11) is 1.77. The Kier molecular flexibility index (Phi) is 3.15. The van der Waals surface area contributed by atoms with Crippen LogP contribution in [0.15, 0.2) is 18.2 Å². The van der Waals surface area contributed by atoms with Crippen molar-refractivity contribution in [2.75, 3.05) is 30.4 Å². The molecule has 0 atom stereocenters. The van der Waals surface area contributed by atoms with E-state index < -0.39 is 0 Å². The number of non-ortho nitro benzene ring substituents is 1. The van der Waals surface area contributed by atoms with Crippen LogP contribution in [0.25, 0.3) is 0 Å². The van der Waals surface area contributed by atoms with Crippen molar-refractivity contribution in [3.8, 4) is 0 Å². The predicted octanol–water partition coefficient (Wildman–Crippen LogP) is 2.87. The standard InChI is InChI=1S/C13H19N3O2/c1-13(2)4-5-15(9-13)11-6-10(14-3)7-12(8-11)16(17)18/h6-8,14H,4-5,9H2,1-3H3. The number of nitrogens with zero attached hydrogens (tertiary/aromatic N) is 2. The summed E-state index contributed by atoms with van der Waals surface area (Å²) < 4.78 is 0. The average molecular weight is 249 g/mol. The van der Waals surface area contributed by atoms with E-state index in [0.29, 0.717) is 0 Å². The van der Waals surface area contributed by atoms with Gasteiger partial charge >= 0.3 is 0 Å². The smallest absolute Gasteiger partial charge is 0.273 e. The number of hydrogen-bond acceptors (Lipinski definition) is 4. The summed E-state index contributed by atoms with van der Waals surface area (Å²) in [6, 6.07) is 5.18. The molecule has 5 heteroatoms. The second-order valence-electron chi connectivity index (χ2n) is 5.58. The molecule has 1 heterocycles. The molecule has 1 aliphatic rings. The molecule has 0 unspecified atom stereocenters. The van der Waals surface area contributed by atoms with Gasteiger partial charge in [0, 0.05) is 43.6 Å². The van der Waals surface area contributed by atoms with Crippen molar-refractivity contribution in [2.24, 2.45) is 5.41 Å². The largest absolute Gasteiger partial charge is 0.388 e. The number of benzene rings is 1. The third kappa shape index (κ3) is 2.55. The van der Waals surface area contributed by atoms with Crippen LogP contribution in [0, 0.1) is 15.5 Å². The summed E-state index contributed by atoms with van der Waals surface area (Å²) in [6.45, 7) is 6.35. The SMILES string of the molecule is CNc1cc(N2CCC(C)(C)C2)cc([N+](=O)[O-])c1. The number of nitro groups is 1. The van der Waals surface area contributed by atoms with E-state index >= 15 is 0 Å². The summed E-state index contributed by atoms with van der Waals surface area (Å²) in [5.41, 5.74) is 2.13. The van der Waals surface area contributed by atoms with E-state index in [4.69, 9.17) is 0 Å². The van der Waals surface area contributed by atoms with Gasteiger partial charge in [-0.05, 0) is 17.9 Å². The molecule has 0 aliphatic carbocycles. The van der Waals surface area contributed by atoms with Crippen LogP contribution in [-0.4, -0.2) is 25.1 Å². The molecule has 1 aromatic carbocycles. The normalized spacial score (nSPS) is 17.8. The molecule has 18 heavy (non-hydrogen) atoms. The van der Waals surface area contributed by atoms with Crippen LogP contribution < -0.4 is 10.2 Å². The molecule has 0 spiro atoms. The molecule has 1 aromatic rings. The Morgan fingerprint density at radius 2 is 2.11 bits per heavy atom. The lowest BCUT2D eigenvalue weighted by Crippen LogP contribution is -2.22. The number of anilines is 2. The second-order valence-corrected chi connectivity index (χ2v) is 5.58. The monoisotopic (exact) mass is 249 g/mol. The highest BCUT2D eigenvalue weighted by atomic mass is 16.6. The molecule has 2 rings (SSSR count). The van der Waals surface area contributed by atoms with Crippen LogP contribution in [0.3, 0.4) is 0 Å². The third-order valence-electron chi connectivity index (χ3n) is 3.44. The maximum absolute atomic E-state index is 10.9. The van der Waals surface area contributed by atoms with Gasteiger partial charge in [-0.3, -0.25) is 10.1 Å². The van der Waals surface area contributed by atoms with E-state index in [-0.39, 0.29) is 16.0 Å². The Morgan fingerprint density at radius 3 is 2.61 bits per heavy atom. The van der Waals surface area contributed by atoms with Gasteiger partial charge in [0.2, 0.25) is 0 Å². The van der Waals surface area contributed by atoms with Gasteiger partial charge in [-0.2, -0.15) is 0 Å². The molecule has 0 amide bonds. The molecule has 0 bridgehead atoms. The summed E-state index contributed by atoms with van der Waals surface area (Å²) in [5.74, 6) is 0. The quantitative estimate of drug-likeness (QED) is 0.661. The summed E-state index contributed by atoms with van der Waals surface area (Å²) in [4.78, 5) is 12.8. The van der Waals surface area contributed by atoms with Gasteiger partial charge in [0.05, 0.1) is 4.92 Å². The summed E-state index contributed by atoms with van der Waals surface area (Å²) >= 11 is 0. The fourth-order valence-electron chi connectivity index (χ4n) is 2.36. The minimum atomic E-state index is -0.342. The first-order valence-corrected chi connectivity index (χ1v) is 6.13. The number of nitro benzene ring substituents is 1. The number of hydrogen-bond donors (Lipinski definition) is 1. The maximum atomic E-state index is 10.9. The zero-order chi connectivity index (χ0) is 13.3. The van der Waals surface area contributed by atoms with Crippen LogP contribution in [0.4, 0.5) is 17.1 Å². The van der Waals surface area contributed by atoms with E-state index in [2.05, 4.69) is 24.1 Å². The van der Waals surface area contributed by atoms with Gasteiger partial charge in [0.25, 0.3) is 5.69 Å². The Bertz CT molecular complexity index is 471. The molecule has 0 radical (unpaired) electrons. The van der Waals surface area contributed by atoms with Crippen molar-refractivity contribution in [3.63, 3.8) is 0 Å². The van der Waals surface area contributed by atoms with Gasteiger partial charge in [-0.1, -0.05) is 13.8 Å². The van der Waals surface area contributed by atoms with E-state index in [1.54, 1.807) is 19.2 Å².